The minimum atomic E-state index is -3.75. The summed E-state index contributed by atoms with van der Waals surface area (Å²) < 4.78 is 27.6. The van der Waals surface area contributed by atoms with E-state index >= 15 is 0 Å². The number of nitrogens with one attached hydrogen (secondary N) is 2. The highest BCUT2D eigenvalue weighted by Gasteiger charge is 2.18. The van der Waals surface area contributed by atoms with Crippen LogP contribution in [0.5, 0.6) is 0 Å². The van der Waals surface area contributed by atoms with Crippen LogP contribution in [0.15, 0.2) is 71.6 Å². The first kappa shape index (κ1) is 21.9. The minimum absolute atomic E-state index is 0.151. The number of halogens is 1. The number of sulfonamides is 1. The van der Waals surface area contributed by atoms with Crippen LogP contribution in [0.3, 0.4) is 0 Å². The molecule has 0 heterocycles. The predicted octanol–water partition coefficient (Wildman–Crippen LogP) is 5.25. The van der Waals surface area contributed by atoms with Gasteiger partial charge in [-0.25, -0.2) is 8.42 Å². The molecule has 156 valence electrons. The number of carbonyl (C=O) groups is 1. The largest absolute Gasteiger partial charge is 0.345 e. The molecular weight excluding hydrogens is 420 g/mol. The van der Waals surface area contributed by atoms with E-state index in [1.165, 1.54) is 30.3 Å². The van der Waals surface area contributed by atoms with E-state index in [2.05, 4.69) is 10.0 Å². The van der Waals surface area contributed by atoms with E-state index in [0.717, 1.165) is 16.7 Å². The maximum absolute atomic E-state index is 12.7. The lowest BCUT2D eigenvalue weighted by atomic mass is 10.0. The Balaban J connectivity index is 1.75. The molecule has 0 aromatic heterocycles. The van der Waals surface area contributed by atoms with Gasteiger partial charge in [0, 0.05) is 0 Å². The van der Waals surface area contributed by atoms with Crippen LogP contribution in [0.4, 0.5) is 5.69 Å². The second-order valence-corrected chi connectivity index (χ2v) is 9.25. The molecule has 3 rings (SSSR count). The SMILES string of the molecule is Cc1ccc(S(=O)(=O)Nc2ccc(C(=O)NC(C)c3ccccc3C)c(Cl)c2)cc1. The second kappa shape index (κ2) is 8.90. The summed E-state index contributed by atoms with van der Waals surface area (Å²) in [5.74, 6) is -0.330. The number of carbonyl (C=O) groups excluding carboxylic acids is 1. The molecule has 0 bridgehead atoms. The molecule has 0 spiro atoms. The summed E-state index contributed by atoms with van der Waals surface area (Å²) in [4.78, 5) is 12.8. The van der Waals surface area contributed by atoms with Gasteiger partial charge in [0.05, 0.1) is 27.2 Å². The van der Waals surface area contributed by atoms with Crippen molar-refractivity contribution in [1.29, 1.82) is 0 Å². The van der Waals surface area contributed by atoms with E-state index in [1.54, 1.807) is 12.1 Å². The first-order chi connectivity index (χ1) is 14.2. The third-order valence-corrected chi connectivity index (χ3v) is 6.51. The maximum atomic E-state index is 12.7. The molecule has 1 unspecified atom stereocenters. The van der Waals surface area contributed by atoms with E-state index in [0.29, 0.717) is 0 Å². The first-order valence-corrected chi connectivity index (χ1v) is 11.3. The van der Waals surface area contributed by atoms with Gasteiger partial charge >= 0.3 is 0 Å². The van der Waals surface area contributed by atoms with Crippen molar-refractivity contribution in [2.24, 2.45) is 0 Å². The maximum Gasteiger partial charge on any atom is 0.261 e. The van der Waals surface area contributed by atoms with E-state index in [1.807, 2.05) is 45.0 Å². The Hall–Kier alpha value is -2.83. The fourth-order valence-electron chi connectivity index (χ4n) is 3.12. The van der Waals surface area contributed by atoms with Gasteiger partial charge in [-0.3, -0.25) is 9.52 Å². The Morgan fingerprint density at radius 1 is 0.967 bits per heavy atom. The van der Waals surface area contributed by atoms with Gasteiger partial charge in [0.1, 0.15) is 0 Å². The van der Waals surface area contributed by atoms with Crippen molar-refractivity contribution in [3.8, 4) is 0 Å². The van der Waals surface area contributed by atoms with Crippen LogP contribution in [-0.4, -0.2) is 14.3 Å². The molecule has 30 heavy (non-hydrogen) atoms. The Morgan fingerprint density at radius 3 is 2.27 bits per heavy atom. The van der Waals surface area contributed by atoms with Crippen LogP contribution in [0, 0.1) is 13.8 Å². The lowest BCUT2D eigenvalue weighted by Gasteiger charge is -2.17. The fourth-order valence-corrected chi connectivity index (χ4v) is 4.43. The van der Waals surface area contributed by atoms with Crippen molar-refractivity contribution in [2.45, 2.75) is 31.7 Å². The summed E-state index contributed by atoms with van der Waals surface area (Å²) in [6.45, 7) is 5.77. The molecule has 0 fully saturated rings. The Labute approximate surface area is 182 Å². The normalized spacial score (nSPS) is 12.3. The molecule has 0 saturated heterocycles. The van der Waals surface area contributed by atoms with Gasteiger partial charge in [0.2, 0.25) is 0 Å². The molecule has 1 amide bonds. The topological polar surface area (TPSA) is 75.3 Å². The highest BCUT2D eigenvalue weighted by molar-refractivity contribution is 7.92. The highest BCUT2D eigenvalue weighted by Crippen LogP contribution is 2.25. The van der Waals surface area contributed by atoms with Crippen LogP contribution in [0.1, 0.15) is 40.0 Å². The molecule has 0 radical (unpaired) electrons. The number of rotatable bonds is 6. The molecule has 7 heteroatoms. The van der Waals surface area contributed by atoms with Crippen LogP contribution in [-0.2, 0) is 10.0 Å². The zero-order valence-corrected chi connectivity index (χ0v) is 18.5. The van der Waals surface area contributed by atoms with Gasteiger partial charge in [-0.05, 0) is 62.2 Å². The predicted molar refractivity (Wildman–Crippen MR) is 120 cm³/mol. The molecular formula is C23H23ClN2O3S. The first-order valence-electron chi connectivity index (χ1n) is 9.43. The third-order valence-electron chi connectivity index (χ3n) is 4.80. The monoisotopic (exact) mass is 442 g/mol. The summed E-state index contributed by atoms with van der Waals surface area (Å²) >= 11 is 6.28. The van der Waals surface area contributed by atoms with Crippen molar-refractivity contribution in [2.75, 3.05) is 4.72 Å². The zero-order chi connectivity index (χ0) is 21.9. The summed E-state index contributed by atoms with van der Waals surface area (Å²) in [5.41, 5.74) is 3.62. The average molecular weight is 443 g/mol. The number of hydrogen-bond donors (Lipinski definition) is 2. The number of aryl methyl sites for hydroxylation is 2. The zero-order valence-electron chi connectivity index (χ0n) is 16.9. The van der Waals surface area contributed by atoms with Crippen molar-refractivity contribution in [3.05, 3.63) is 94.0 Å². The molecule has 0 aliphatic carbocycles. The Morgan fingerprint density at radius 2 is 1.63 bits per heavy atom. The Bertz CT molecular complexity index is 1180. The number of hydrogen-bond acceptors (Lipinski definition) is 3. The number of benzene rings is 3. The molecule has 5 nitrogen and oxygen atoms in total. The average Bonchev–Trinajstić information content (AvgIpc) is 2.68. The molecule has 3 aromatic rings. The van der Waals surface area contributed by atoms with Gasteiger partial charge in [0.25, 0.3) is 15.9 Å². The molecule has 3 aromatic carbocycles. The van der Waals surface area contributed by atoms with Gasteiger partial charge in [-0.1, -0.05) is 53.6 Å². The molecule has 1 atom stereocenters. The van der Waals surface area contributed by atoms with Gasteiger partial charge in [-0.15, -0.1) is 0 Å². The van der Waals surface area contributed by atoms with E-state index < -0.39 is 10.0 Å². The summed E-state index contributed by atoms with van der Waals surface area (Å²) in [6, 6.07) is 18.6. The fraction of sp³-hybridized carbons (Fsp3) is 0.174. The van der Waals surface area contributed by atoms with Gasteiger partial charge < -0.3 is 5.32 Å². The lowest BCUT2D eigenvalue weighted by molar-refractivity contribution is 0.0940. The molecule has 0 saturated carbocycles. The van der Waals surface area contributed by atoms with Crippen molar-refractivity contribution >= 4 is 33.2 Å². The summed E-state index contributed by atoms with van der Waals surface area (Å²) in [5, 5.41) is 3.09. The molecule has 2 N–H and O–H groups in total. The van der Waals surface area contributed by atoms with E-state index in [9.17, 15) is 13.2 Å². The van der Waals surface area contributed by atoms with Crippen molar-refractivity contribution < 1.29 is 13.2 Å². The second-order valence-electron chi connectivity index (χ2n) is 7.16. The highest BCUT2D eigenvalue weighted by atomic mass is 35.5. The van der Waals surface area contributed by atoms with E-state index in [4.69, 9.17) is 11.6 Å². The third kappa shape index (κ3) is 5.01. The van der Waals surface area contributed by atoms with Crippen LogP contribution >= 0.6 is 11.6 Å². The van der Waals surface area contributed by atoms with Crippen LogP contribution in [0.25, 0.3) is 0 Å². The van der Waals surface area contributed by atoms with Crippen LogP contribution in [0.2, 0.25) is 5.02 Å². The summed E-state index contributed by atoms with van der Waals surface area (Å²) in [7, 11) is -3.75. The van der Waals surface area contributed by atoms with Gasteiger partial charge in [0.15, 0.2) is 0 Å². The quantitative estimate of drug-likeness (QED) is 0.547. The summed E-state index contributed by atoms with van der Waals surface area (Å²) in [6.07, 6.45) is 0. The smallest absolute Gasteiger partial charge is 0.261 e. The molecule has 0 aliphatic rings. The number of anilines is 1. The Kier molecular flexibility index (Phi) is 6.48. The standard InChI is InChI=1S/C23H23ClN2O3S/c1-15-8-11-19(12-9-15)30(28,29)26-18-10-13-21(22(24)14-18)23(27)25-17(3)20-7-5-4-6-16(20)2/h4-14,17,26H,1-3H3,(H,25,27). The van der Waals surface area contributed by atoms with Crippen molar-refractivity contribution in [1.82, 2.24) is 5.32 Å². The van der Waals surface area contributed by atoms with Crippen LogP contribution < -0.4 is 10.0 Å². The van der Waals surface area contributed by atoms with Gasteiger partial charge in [-0.2, -0.15) is 0 Å². The molecule has 0 aliphatic heterocycles. The lowest BCUT2D eigenvalue weighted by Crippen LogP contribution is -2.27. The minimum Gasteiger partial charge on any atom is -0.345 e. The van der Waals surface area contributed by atoms with E-state index in [-0.39, 0.29) is 33.1 Å². The van der Waals surface area contributed by atoms with Crippen molar-refractivity contribution in [3.63, 3.8) is 0 Å². The number of amides is 1.